The first-order valence-corrected chi connectivity index (χ1v) is 13.2. The maximum atomic E-state index is 11.9. The van der Waals surface area contributed by atoms with Crippen LogP contribution >= 0.6 is 23.2 Å². The number of ether oxygens (including phenoxy) is 2. The van der Waals surface area contributed by atoms with E-state index in [0.29, 0.717) is 12.3 Å². The first kappa shape index (κ1) is 27.8. The number of phenols is 1. The van der Waals surface area contributed by atoms with Crippen molar-refractivity contribution in [2.45, 2.75) is 38.6 Å². The molecule has 0 aromatic heterocycles. The lowest BCUT2D eigenvalue weighted by Crippen LogP contribution is -2.43. The van der Waals surface area contributed by atoms with E-state index in [9.17, 15) is 14.7 Å². The molecule has 1 heterocycles. The monoisotopic (exact) mass is 556 g/mol. The summed E-state index contributed by atoms with van der Waals surface area (Å²) in [7, 11) is 0. The molecule has 1 saturated heterocycles. The molecule has 3 aromatic carbocycles. The van der Waals surface area contributed by atoms with E-state index in [-0.39, 0.29) is 39.3 Å². The molecule has 1 amide bonds. The fourth-order valence-corrected chi connectivity index (χ4v) is 5.34. The second-order valence-electron chi connectivity index (χ2n) is 9.58. The molecule has 9 heteroatoms. The number of hydrogen-bond donors (Lipinski definition) is 2. The summed E-state index contributed by atoms with van der Waals surface area (Å²) < 4.78 is 10.7. The number of hydrogen-bond acceptors (Lipinski definition) is 6. The molecule has 4 rings (SSSR count). The number of halogens is 2. The number of nitrogens with one attached hydrogen (secondary N) is 1. The lowest BCUT2D eigenvalue weighted by molar-refractivity contribution is -0.152. The maximum Gasteiger partial charge on any atom is 0.397 e. The number of rotatable bonds is 7. The molecule has 0 spiro atoms. The highest BCUT2D eigenvalue weighted by Crippen LogP contribution is 2.40. The van der Waals surface area contributed by atoms with Crippen molar-refractivity contribution >= 4 is 40.8 Å². The number of carbonyl (C=O) groups excluding carboxylic acids is 2. The van der Waals surface area contributed by atoms with Crippen LogP contribution in [0.5, 0.6) is 17.2 Å². The highest BCUT2D eigenvalue weighted by molar-refractivity contribution is 6.39. The molecule has 2 N–H and O–H groups in total. The second kappa shape index (κ2) is 12.1. The zero-order valence-corrected chi connectivity index (χ0v) is 22.8. The van der Waals surface area contributed by atoms with Crippen LogP contribution in [0.3, 0.4) is 0 Å². The molecule has 1 aliphatic rings. The SMILES string of the molecule is CCOC(=O)C(=O)Nc1cc(Cl)c(Oc2ccc(O)c(CN3CCCC(C)(c4ccccc4)C3)c2)c(Cl)c1. The fourth-order valence-electron chi connectivity index (χ4n) is 4.77. The molecule has 0 bridgehead atoms. The van der Waals surface area contributed by atoms with Gasteiger partial charge in [0.15, 0.2) is 5.75 Å². The van der Waals surface area contributed by atoms with E-state index >= 15 is 0 Å². The minimum absolute atomic E-state index is 0.0364. The maximum absolute atomic E-state index is 11.9. The summed E-state index contributed by atoms with van der Waals surface area (Å²) in [4.78, 5) is 25.9. The fraction of sp³-hybridized carbons (Fsp3) is 0.310. The summed E-state index contributed by atoms with van der Waals surface area (Å²) in [5.74, 6) is -1.12. The number of esters is 1. The Hall–Kier alpha value is -3.26. The summed E-state index contributed by atoms with van der Waals surface area (Å²) in [6.07, 6.45) is 2.17. The largest absolute Gasteiger partial charge is 0.508 e. The minimum Gasteiger partial charge on any atom is -0.508 e. The highest BCUT2D eigenvalue weighted by atomic mass is 35.5. The van der Waals surface area contributed by atoms with Gasteiger partial charge >= 0.3 is 11.9 Å². The number of carbonyl (C=O) groups is 2. The van der Waals surface area contributed by atoms with Gasteiger partial charge in [0.05, 0.1) is 16.7 Å². The number of piperidine rings is 1. The van der Waals surface area contributed by atoms with Crippen molar-refractivity contribution in [3.8, 4) is 17.2 Å². The average molecular weight is 557 g/mol. The molecule has 7 nitrogen and oxygen atoms in total. The van der Waals surface area contributed by atoms with Crippen molar-refractivity contribution < 1.29 is 24.2 Å². The van der Waals surface area contributed by atoms with E-state index in [0.717, 1.165) is 31.5 Å². The Kier molecular flexibility index (Phi) is 8.82. The van der Waals surface area contributed by atoms with E-state index in [4.69, 9.17) is 27.9 Å². The summed E-state index contributed by atoms with van der Waals surface area (Å²) in [6.45, 7) is 6.34. The van der Waals surface area contributed by atoms with Gasteiger partial charge in [0.25, 0.3) is 0 Å². The first-order chi connectivity index (χ1) is 18.2. The predicted molar refractivity (Wildman–Crippen MR) is 148 cm³/mol. The third kappa shape index (κ3) is 6.59. The topological polar surface area (TPSA) is 88.1 Å². The van der Waals surface area contributed by atoms with Gasteiger partial charge in [-0.05, 0) is 62.2 Å². The zero-order chi connectivity index (χ0) is 27.3. The standard InChI is InChI=1S/C29H30Cl2N2O5/c1-3-37-28(36)27(35)32-21-15-23(30)26(24(31)16-21)38-22-10-11-25(34)19(14-22)17-33-13-7-12-29(2,18-33)20-8-5-4-6-9-20/h4-6,8-11,14-16,34H,3,7,12-13,17-18H2,1-2H3,(H,32,35). The van der Waals surface area contributed by atoms with Crippen LogP contribution < -0.4 is 10.1 Å². The van der Waals surface area contributed by atoms with Crippen LogP contribution in [0.25, 0.3) is 0 Å². The zero-order valence-electron chi connectivity index (χ0n) is 21.3. The van der Waals surface area contributed by atoms with Crippen molar-refractivity contribution in [2.75, 3.05) is 25.0 Å². The van der Waals surface area contributed by atoms with Gasteiger partial charge in [0.2, 0.25) is 0 Å². The van der Waals surface area contributed by atoms with Crippen LogP contribution in [0.2, 0.25) is 10.0 Å². The van der Waals surface area contributed by atoms with Gasteiger partial charge in [-0.1, -0.05) is 60.5 Å². The molecular weight excluding hydrogens is 527 g/mol. The number of anilines is 1. The van der Waals surface area contributed by atoms with Crippen LogP contribution in [0.1, 0.15) is 37.8 Å². The third-order valence-electron chi connectivity index (χ3n) is 6.63. The van der Waals surface area contributed by atoms with E-state index in [1.807, 2.05) is 6.07 Å². The summed E-state index contributed by atoms with van der Waals surface area (Å²) in [5.41, 5.74) is 2.31. The normalized spacial score (nSPS) is 17.6. The molecule has 3 aromatic rings. The summed E-state index contributed by atoms with van der Waals surface area (Å²) in [6, 6.07) is 18.4. The van der Waals surface area contributed by atoms with Gasteiger partial charge in [0, 0.05) is 29.8 Å². The van der Waals surface area contributed by atoms with Crippen LogP contribution in [0, 0.1) is 0 Å². The molecule has 38 heavy (non-hydrogen) atoms. The van der Waals surface area contributed by atoms with Crippen LogP contribution in [-0.2, 0) is 26.3 Å². The molecule has 1 unspecified atom stereocenters. The summed E-state index contributed by atoms with van der Waals surface area (Å²) in [5, 5.41) is 13.3. The van der Waals surface area contributed by atoms with E-state index in [1.165, 1.54) is 17.7 Å². The highest BCUT2D eigenvalue weighted by Gasteiger charge is 2.32. The number of amides is 1. The molecule has 0 saturated carbocycles. The second-order valence-corrected chi connectivity index (χ2v) is 10.4. The number of likely N-dealkylation sites (tertiary alicyclic amines) is 1. The Labute approximate surface area is 232 Å². The van der Waals surface area contributed by atoms with Gasteiger partial charge in [-0.2, -0.15) is 0 Å². The van der Waals surface area contributed by atoms with E-state index in [1.54, 1.807) is 25.1 Å². The smallest absolute Gasteiger partial charge is 0.397 e. The number of aromatic hydroxyl groups is 1. The molecular formula is C29H30Cl2N2O5. The van der Waals surface area contributed by atoms with Crippen LogP contribution in [0.15, 0.2) is 60.7 Å². The number of benzene rings is 3. The third-order valence-corrected chi connectivity index (χ3v) is 7.19. The van der Waals surface area contributed by atoms with E-state index < -0.39 is 11.9 Å². The Balaban J connectivity index is 1.48. The van der Waals surface area contributed by atoms with Crippen molar-refractivity contribution in [3.05, 3.63) is 81.8 Å². The summed E-state index contributed by atoms with van der Waals surface area (Å²) >= 11 is 12.8. The van der Waals surface area contributed by atoms with E-state index in [2.05, 4.69) is 46.1 Å². The van der Waals surface area contributed by atoms with Crippen molar-refractivity contribution in [1.29, 1.82) is 0 Å². The molecule has 1 atom stereocenters. The molecule has 1 fully saturated rings. The lowest BCUT2D eigenvalue weighted by Gasteiger charge is -2.41. The Bertz CT molecular complexity index is 1290. The first-order valence-electron chi connectivity index (χ1n) is 12.4. The van der Waals surface area contributed by atoms with Gasteiger partial charge in [-0.3, -0.25) is 9.69 Å². The van der Waals surface area contributed by atoms with Crippen molar-refractivity contribution in [3.63, 3.8) is 0 Å². The van der Waals surface area contributed by atoms with Crippen molar-refractivity contribution in [1.82, 2.24) is 4.90 Å². The Morgan fingerprint density at radius 1 is 1.08 bits per heavy atom. The average Bonchev–Trinajstić information content (AvgIpc) is 2.89. The van der Waals surface area contributed by atoms with Crippen molar-refractivity contribution in [2.24, 2.45) is 0 Å². The van der Waals surface area contributed by atoms with Gasteiger partial charge in [-0.25, -0.2) is 4.79 Å². The lowest BCUT2D eigenvalue weighted by atomic mass is 9.76. The predicted octanol–water partition coefficient (Wildman–Crippen LogP) is 6.55. The molecule has 200 valence electrons. The van der Waals surface area contributed by atoms with Gasteiger partial charge in [0.1, 0.15) is 11.5 Å². The van der Waals surface area contributed by atoms with Crippen LogP contribution in [0.4, 0.5) is 5.69 Å². The number of phenolic OH excluding ortho intramolecular Hbond substituents is 1. The van der Waals surface area contributed by atoms with Gasteiger partial charge in [-0.15, -0.1) is 0 Å². The minimum atomic E-state index is -1.01. The van der Waals surface area contributed by atoms with Gasteiger partial charge < -0.3 is 19.9 Å². The number of nitrogens with zero attached hydrogens (tertiary/aromatic N) is 1. The van der Waals surface area contributed by atoms with Crippen LogP contribution in [-0.4, -0.2) is 41.6 Å². The Morgan fingerprint density at radius 2 is 1.79 bits per heavy atom. The quantitative estimate of drug-likeness (QED) is 0.253. The molecule has 1 aliphatic heterocycles. The molecule has 0 radical (unpaired) electrons. The Morgan fingerprint density at radius 3 is 2.47 bits per heavy atom. The molecule has 0 aliphatic carbocycles.